The molecule has 0 saturated carbocycles. The fourth-order valence-corrected chi connectivity index (χ4v) is 2.00. The third-order valence-electron chi connectivity index (χ3n) is 2.59. The van der Waals surface area contributed by atoms with Crippen LogP contribution < -0.4 is 16.6 Å². The molecule has 0 fully saturated rings. The van der Waals surface area contributed by atoms with Gasteiger partial charge in [-0.3, -0.25) is 9.99 Å². The molecule has 0 radical (unpaired) electrons. The molecule has 3 aromatic rings. The van der Waals surface area contributed by atoms with Gasteiger partial charge >= 0.3 is 0 Å². The molecule has 0 aliphatic heterocycles. The van der Waals surface area contributed by atoms with Crippen LogP contribution in [0.1, 0.15) is 0 Å². The normalized spacial score (nSPS) is 10.4. The quantitative estimate of drug-likeness (QED) is 0.351. The van der Waals surface area contributed by atoms with Gasteiger partial charge in [-0.2, -0.15) is 15.0 Å². The topological polar surface area (TPSA) is 107 Å². The molecule has 0 atom stereocenters. The van der Waals surface area contributed by atoms with E-state index >= 15 is 0 Å². The van der Waals surface area contributed by atoms with E-state index in [0.29, 0.717) is 11.9 Å². The monoisotopic (exact) mass is 394 g/mol. The number of aromatic nitrogens is 5. The number of nitrogens with two attached hydrogens (primary N) is 1. The average Bonchev–Trinajstić information content (AvgIpc) is 3.04. The van der Waals surface area contributed by atoms with Gasteiger partial charge in [-0.15, -0.1) is 0 Å². The van der Waals surface area contributed by atoms with Crippen molar-refractivity contribution >= 4 is 40.2 Å². The van der Waals surface area contributed by atoms with E-state index < -0.39 is 0 Å². The van der Waals surface area contributed by atoms with E-state index in [1.807, 2.05) is 24.3 Å². The molecule has 4 N–H and O–H groups in total. The molecular formula is C12H11IN8. The van der Waals surface area contributed by atoms with Crippen LogP contribution in [0.3, 0.4) is 0 Å². The highest BCUT2D eigenvalue weighted by molar-refractivity contribution is 14.1. The Balaban J connectivity index is 1.94. The van der Waals surface area contributed by atoms with Gasteiger partial charge in [0.15, 0.2) is 0 Å². The number of imidazole rings is 1. The van der Waals surface area contributed by atoms with Gasteiger partial charge < -0.3 is 5.32 Å². The molecule has 106 valence electrons. The van der Waals surface area contributed by atoms with Crippen LogP contribution in [0, 0.1) is 3.57 Å². The van der Waals surface area contributed by atoms with Crippen LogP contribution in [0.5, 0.6) is 0 Å². The third kappa shape index (κ3) is 3.25. The minimum absolute atomic E-state index is 0.265. The number of hydrazine groups is 1. The zero-order valence-electron chi connectivity index (χ0n) is 10.7. The predicted octanol–water partition coefficient (Wildman–Crippen LogP) is 1.69. The van der Waals surface area contributed by atoms with Gasteiger partial charge in [0.1, 0.15) is 6.33 Å². The van der Waals surface area contributed by atoms with Gasteiger partial charge in [0.25, 0.3) is 0 Å². The highest BCUT2D eigenvalue weighted by atomic mass is 127. The Morgan fingerprint density at radius 1 is 1.05 bits per heavy atom. The van der Waals surface area contributed by atoms with Crippen LogP contribution in [-0.2, 0) is 0 Å². The maximum absolute atomic E-state index is 5.40. The number of nitrogens with zero attached hydrogens (tertiary/aromatic N) is 5. The molecule has 9 heteroatoms. The Kier molecular flexibility index (Phi) is 3.92. The summed E-state index contributed by atoms with van der Waals surface area (Å²) in [5.41, 5.74) is 3.30. The lowest BCUT2D eigenvalue weighted by Crippen LogP contribution is -2.14. The first kappa shape index (κ1) is 13.7. The van der Waals surface area contributed by atoms with Crippen LogP contribution in [0.25, 0.3) is 5.95 Å². The Labute approximate surface area is 134 Å². The van der Waals surface area contributed by atoms with E-state index in [2.05, 4.69) is 53.3 Å². The van der Waals surface area contributed by atoms with E-state index in [1.165, 1.54) is 0 Å². The van der Waals surface area contributed by atoms with Crippen molar-refractivity contribution in [2.75, 3.05) is 10.7 Å². The zero-order valence-corrected chi connectivity index (χ0v) is 12.9. The predicted molar refractivity (Wildman–Crippen MR) is 87.2 cm³/mol. The van der Waals surface area contributed by atoms with Crippen LogP contribution >= 0.6 is 22.6 Å². The minimum Gasteiger partial charge on any atom is -0.324 e. The Morgan fingerprint density at radius 3 is 2.48 bits per heavy atom. The van der Waals surface area contributed by atoms with Crippen molar-refractivity contribution in [2.45, 2.75) is 0 Å². The number of nitrogen functional groups attached to an aromatic ring is 1. The summed E-state index contributed by atoms with van der Waals surface area (Å²) in [5, 5.41) is 3.11. The van der Waals surface area contributed by atoms with Gasteiger partial charge in [0, 0.05) is 21.7 Å². The number of halogens is 1. The standard InChI is InChI=1S/C12H11IN8/c13-8-1-3-9(4-2-8)16-10-17-11(20-14)19-12(18-10)21-6-5-15-7-21/h1-7H,14H2,(H2,16,17,18,19,20). The highest BCUT2D eigenvalue weighted by Gasteiger charge is 2.07. The first-order valence-electron chi connectivity index (χ1n) is 5.98. The van der Waals surface area contributed by atoms with Crippen LogP contribution in [0.2, 0.25) is 0 Å². The van der Waals surface area contributed by atoms with E-state index in [1.54, 1.807) is 23.3 Å². The lowest BCUT2D eigenvalue weighted by Gasteiger charge is -2.08. The number of hydrogen-bond donors (Lipinski definition) is 3. The molecule has 8 nitrogen and oxygen atoms in total. The van der Waals surface area contributed by atoms with Gasteiger partial charge in [0.05, 0.1) is 0 Å². The van der Waals surface area contributed by atoms with Crippen molar-refractivity contribution in [3.05, 3.63) is 46.6 Å². The summed E-state index contributed by atoms with van der Waals surface area (Å²) in [4.78, 5) is 16.6. The van der Waals surface area contributed by atoms with Crippen molar-refractivity contribution in [1.29, 1.82) is 0 Å². The molecule has 2 aromatic heterocycles. The summed E-state index contributed by atoms with van der Waals surface area (Å²) in [6, 6.07) is 7.86. The molecule has 3 rings (SSSR count). The maximum Gasteiger partial charge on any atom is 0.243 e. The second-order valence-electron chi connectivity index (χ2n) is 4.03. The second-order valence-corrected chi connectivity index (χ2v) is 5.27. The lowest BCUT2D eigenvalue weighted by atomic mass is 10.3. The summed E-state index contributed by atoms with van der Waals surface area (Å²) in [6.45, 7) is 0. The molecule has 0 spiro atoms. The summed E-state index contributed by atoms with van der Waals surface area (Å²) in [5.74, 6) is 6.47. The average molecular weight is 394 g/mol. The van der Waals surface area contributed by atoms with Crippen molar-refractivity contribution < 1.29 is 0 Å². The number of nitrogens with one attached hydrogen (secondary N) is 2. The Bertz CT molecular complexity index is 726. The maximum atomic E-state index is 5.40. The smallest absolute Gasteiger partial charge is 0.243 e. The van der Waals surface area contributed by atoms with Crippen LogP contribution in [0.4, 0.5) is 17.6 Å². The van der Waals surface area contributed by atoms with E-state index in [-0.39, 0.29) is 5.95 Å². The van der Waals surface area contributed by atoms with E-state index in [0.717, 1.165) is 9.26 Å². The fourth-order valence-electron chi connectivity index (χ4n) is 1.64. The van der Waals surface area contributed by atoms with Crippen molar-refractivity contribution in [3.8, 4) is 5.95 Å². The Morgan fingerprint density at radius 2 is 1.81 bits per heavy atom. The fraction of sp³-hybridized carbons (Fsp3) is 0. The Hall–Kier alpha value is -2.27. The second kappa shape index (κ2) is 6.01. The van der Waals surface area contributed by atoms with E-state index in [4.69, 9.17) is 5.84 Å². The third-order valence-corrected chi connectivity index (χ3v) is 3.31. The number of rotatable bonds is 4. The van der Waals surface area contributed by atoms with Crippen molar-refractivity contribution in [1.82, 2.24) is 24.5 Å². The molecule has 0 amide bonds. The highest BCUT2D eigenvalue weighted by Crippen LogP contribution is 2.16. The molecule has 0 saturated heterocycles. The first-order valence-corrected chi connectivity index (χ1v) is 7.06. The van der Waals surface area contributed by atoms with Crippen LogP contribution in [-0.4, -0.2) is 24.5 Å². The van der Waals surface area contributed by atoms with Gasteiger partial charge in [0.2, 0.25) is 17.8 Å². The largest absolute Gasteiger partial charge is 0.324 e. The number of hydrogen-bond acceptors (Lipinski definition) is 7. The summed E-state index contributed by atoms with van der Waals surface area (Å²) in [6.07, 6.45) is 4.99. The molecule has 2 heterocycles. The van der Waals surface area contributed by atoms with E-state index in [9.17, 15) is 0 Å². The summed E-state index contributed by atoms with van der Waals surface area (Å²) in [7, 11) is 0. The molecule has 0 aliphatic rings. The molecule has 21 heavy (non-hydrogen) atoms. The SMILES string of the molecule is NNc1nc(Nc2ccc(I)cc2)nc(-n2ccnc2)n1. The summed E-state index contributed by atoms with van der Waals surface area (Å²) < 4.78 is 2.82. The minimum atomic E-state index is 0.265. The van der Waals surface area contributed by atoms with Crippen molar-refractivity contribution in [2.24, 2.45) is 5.84 Å². The van der Waals surface area contributed by atoms with Gasteiger partial charge in [-0.25, -0.2) is 10.8 Å². The van der Waals surface area contributed by atoms with Gasteiger partial charge in [-0.05, 0) is 46.9 Å². The first-order chi connectivity index (χ1) is 10.2. The molecule has 0 aliphatic carbocycles. The van der Waals surface area contributed by atoms with Gasteiger partial charge in [-0.1, -0.05) is 0 Å². The summed E-state index contributed by atoms with van der Waals surface area (Å²) >= 11 is 2.25. The lowest BCUT2D eigenvalue weighted by molar-refractivity contribution is 0.898. The zero-order chi connectivity index (χ0) is 14.7. The number of anilines is 3. The molecular weight excluding hydrogens is 383 g/mol. The number of benzene rings is 1. The molecule has 0 bridgehead atoms. The van der Waals surface area contributed by atoms with Crippen LogP contribution in [0.15, 0.2) is 43.0 Å². The molecule has 1 aromatic carbocycles. The van der Waals surface area contributed by atoms with Crippen molar-refractivity contribution in [3.63, 3.8) is 0 Å². The molecule has 0 unspecified atom stereocenters.